The van der Waals surface area contributed by atoms with Gasteiger partial charge in [0.15, 0.2) is 0 Å². The second-order valence-electron chi connectivity index (χ2n) is 7.20. The number of carbonyl (C=O) groups excluding carboxylic acids is 2. The lowest BCUT2D eigenvalue weighted by Crippen LogP contribution is -2.56. The lowest BCUT2D eigenvalue weighted by Gasteiger charge is -2.39. The smallest absolute Gasteiger partial charge is 0.390 e. The molecule has 0 aliphatic carbocycles. The quantitative estimate of drug-likeness (QED) is 0.661. The molecule has 2 fully saturated rings. The third-order valence-electron chi connectivity index (χ3n) is 5.23. The van der Waals surface area contributed by atoms with Crippen LogP contribution in [0.25, 0.3) is 0 Å². The molecule has 1 aromatic carbocycles. The fourth-order valence-corrected chi connectivity index (χ4v) is 3.74. The molecule has 2 aliphatic rings. The summed E-state index contributed by atoms with van der Waals surface area (Å²) in [6, 6.07) is 3.49. The lowest BCUT2D eigenvalue weighted by molar-refractivity contribution is -0.139. The third-order valence-corrected chi connectivity index (χ3v) is 5.23. The summed E-state index contributed by atoms with van der Waals surface area (Å²) < 4.78 is 43.8. The predicted molar refractivity (Wildman–Crippen MR) is 97.1 cm³/mol. The van der Waals surface area contributed by atoms with Gasteiger partial charge in [0.2, 0.25) is 5.91 Å². The van der Waals surface area contributed by atoms with Crippen molar-refractivity contribution < 1.29 is 32.6 Å². The van der Waals surface area contributed by atoms with E-state index in [-0.39, 0.29) is 24.1 Å². The average molecular weight is 415 g/mol. The molecule has 10 heteroatoms. The Morgan fingerprint density at radius 1 is 1.24 bits per heavy atom. The van der Waals surface area contributed by atoms with Gasteiger partial charge in [-0.05, 0) is 31.0 Å². The maximum absolute atomic E-state index is 12.9. The topological polar surface area (TPSA) is 90.9 Å². The number of β-amino-alcohol motifs (C(OH)–C–C–N with tert-alkyl or cyclic N) is 1. The Kier molecular flexibility index (Phi) is 6.76. The fourth-order valence-electron chi connectivity index (χ4n) is 3.74. The minimum absolute atomic E-state index is 0.124. The molecule has 0 bridgehead atoms. The number of nitrogens with one attached hydrogen (secondary N) is 2. The molecule has 160 valence electrons. The summed E-state index contributed by atoms with van der Waals surface area (Å²) in [6.45, 7) is 1.44. The summed E-state index contributed by atoms with van der Waals surface area (Å²) in [5, 5.41) is 15.7. The molecule has 0 radical (unpaired) electrons. The Morgan fingerprint density at radius 3 is 2.59 bits per heavy atom. The van der Waals surface area contributed by atoms with Gasteiger partial charge in [-0.1, -0.05) is 6.07 Å². The van der Waals surface area contributed by atoms with Crippen LogP contribution >= 0.6 is 0 Å². The van der Waals surface area contributed by atoms with Crippen molar-refractivity contribution in [2.45, 2.75) is 37.2 Å². The molecule has 2 unspecified atom stereocenters. The first-order valence-electron chi connectivity index (χ1n) is 9.50. The van der Waals surface area contributed by atoms with Crippen molar-refractivity contribution in [3.63, 3.8) is 0 Å². The highest BCUT2D eigenvalue weighted by Crippen LogP contribution is 2.29. The van der Waals surface area contributed by atoms with Crippen LogP contribution in [0, 0.1) is 0 Å². The van der Waals surface area contributed by atoms with Gasteiger partial charge in [-0.3, -0.25) is 9.59 Å². The van der Waals surface area contributed by atoms with E-state index in [1.165, 1.54) is 6.07 Å². The van der Waals surface area contributed by atoms with Crippen molar-refractivity contribution in [2.24, 2.45) is 0 Å². The van der Waals surface area contributed by atoms with E-state index in [2.05, 4.69) is 10.6 Å². The second-order valence-corrected chi connectivity index (χ2v) is 7.20. The van der Waals surface area contributed by atoms with Gasteiger partial charge in [0.1, 0.15) is 0 Å². The molecule has 3 rings (SSSR count). The molecule has 2 aliphatic heterocycles. The minimum Gasteiger partial charge on any atom is -0.390 e. The zero-order valence-electron chi connectivity index (χ0n) is 15.7. The molecule has 0 saturated carbocycles. The van der Waals surface area contributed by atoms with Crippen LogP contribution in [0.2, 0.25) is 0 Å². The molecule has 2 saturated heterocycles. The average Bonchev–Trinajstić information content (AvgIpc) is 3.12. The number of ether oxygens (including phenoxy) is 1. The van der Waals surface area contributed by atoms with Crippen LogP contribution in [0.3, 0.4) is 0 Å². The molecule has 0 aromatic heterocycles. The molecule has 29 heavy (non-hydrogen) atoms. The van der Waals surface area contributed by atoms with Gasteiger partial charge in [-0.25, -0.2) is 0 Å². The Morgan fingerprint density at radius 2 is 1.97 bits per heavy atom. The molecule has 7 nitrogen and oxygen atoms in total. The molecule has 2 amide bonds. The van der Waals surface area contributed by atoms with Crippen molar-refractivity contribution in [3.8, 4) is 0 Å². The second kappa shape index (κ2) is 9.10. The molecule has 1 aromatic rings. The number of halogens is 3. The van der Waals surface area contributed by atoms with Crippen LogP contribution in [-0.4, -0.2) is 72.9 Å². The van der Waals surface area contributed by atoms with E-state index in [1.54, 1.807) is 4.90 Å². The molecular formula is C19H24F3N3O4. The number of carbonyl (C=O) groups is 2. The number of alkyl halides is 3. The van der Waals surface area contributed by atoms with E-state index in [0.717, 1.165) is 18.2 Å². The third kappa shape index (κ3) is 5.26. The highest BCUT2D eigenvalue weighted by Gasteiger charge is 2.38. The Balaban J connectivity index is 1.67. The van der Waals surface area contributed by atoms with Gasteiger partial charge >= 0.3 is 6.18 Å². The molecular weight excluding hydrogens is 391 g/mol. The maximum Gasteiger partial charge on any atom is 0.416 e. The lowest BCUT2D eigenvalue weighted by atomic mass is 10.0. The van der Waals surface area contributed by atoms with Crippen molar-refractivity contribution in [2.75, 3.05) is 32.8 Å². The summed E-state index contributed by atoms with van der Waals surface area (Å²) in [5.41, 5.74) is -1.10. The van der Waals surface area contributed by atoms with Crippen molar-refractivity contribution >= 4 is 11.8 Å². The summed E-state index contributed by atoms with van der Waals surface area (Å²) in [6.07, 6.45) is -4.04. The number of aliphatic hydroxyl groups excluding tert-OH is 1. The first-order chi connectivity index (χ1) is 13.8. The number of nitrogens with zero attached hydrogens (tertiary/aromatic N) is 1. The van der Waals surface area contributed by atoms with E-state index >= 15 is 0 Å². The van der Waals surface area contributed by atoms with Gasteiger partial charge in [-0.2, -0.15) is 13.2 Å². The van der Waals surface area contributed by atoms with Gasteiger partial charge in [0.25, 0.3) is 5.91 Å². The molecule has 0 spiro atoms. The number of aliphatic hydroxyl groups is 1. The fraction of sp³-hybridized carbons (Fsp3) is 0.579. The van der Waals surface area contributed by atoms with Gasteiger partial charge in [-0.15, -0.1) is 0 Å². The van der Waals surface area contributed by atoms with Crippen LogP contribution in [-0.2, 0) is 15.7 Å². The highest BCUT2D eigenvalue weighted by molar-refractivity contribution is 5.96. The number of hydrogen-bond acceptors (Lipinski definition) is 5. The standard InChI is InChI=1S/C19H24F3N3O4/c20-19(21,22)13-3-1-2-12(8-13)18(28)24-11-17(27)25(14-4-6-29-7-5-14)15-9-23-10-16(15)26/h1-3,8,14-16,23,26H,4-7,9-11H2,(H,24,28). The van der Waals surface area contributed by atoms with E-state index in [4.69, 9.17) is 4.74 Å². The number of amides is 2. The zero-order chi connectivity index (χ0) is 21.0. The SMILES string of the molecule is O=C(NCC(=O)N(C1CCOCC1)C1CNCC1O)c1cccc(C(F)(F)F)c1. The van der Waals surface area contributed by atoms with E-state index in [1.807, 2.05) is 0 Å². The Labute approximate surface area is 166 Å². The Bertz CT molecular complexity index is 738. The predicted octanol–water partition coefficient (Wildman–Crippen LogP) is 0.776. The van der Waals surface area contributed by atoms with Crippen molar-refractivity contribution in [1.29, 1.82) is 0 Å². The summed E-state index contributed by atoms with van der Waals surface area (Å²) >= 11 is 0. The number of hydrogen-bond donors (Lipinski definition) is 3. The van der Waals surface area contributed by atoms with Crippen LogP contribution in [0.15, 0.2) is 24.3 Å². The maximum atomic E-state index is 12.9. The summed E-state index contributed by atoms with van der Waals surface area (Å²) in [5.74, 6) is -1.15. The van der Waals surface area contributed by atoms with E-state index in [9.17, 15) is 27.9 Å². The minimum atomic E-state index is -4.56. The molecule has 3 N–H and O–H groups in total. The largest absolute Gasteiger partial charge is 0.416 e. The first-order valence-corrected chi connectivity index (χ1v) is 9.50. The van der Waals surface area contributed by atoms with Gasteiger partial charge < -0.3 is 25.4 Å². The van der Waals surface area contributed by atoms with Crippen LogP contribution < -0.4 is 10.6 Å². The van der Waals surface area contributed by atoms with E-state index < -0.39 is 29.8 Å². The van der Waals surface area contributed by atoms with Crippen molar-refractivity contribution in [3.05, 3.63) is 35.4 Å². The van der Waals surface area contributed by atoms with Crippen LogP contribution in [0.1, 0.15) is 28.8 Å². The highest BCUT2D eigenvalue weighted by atomic mass is 19.4. The number of rotatable bonds is 5. The summed E-state index contributed by atoms with van der Waals surface area (Å²) in [7, 11) is 0. The van der Waals surface area contributed by atoms with E-state index in [0.29, 0.717) is 39.1 Å². The van der Waals surface area contributed by atoms with Crippen molar-refractivity contribution in [1.82, 2.24) is 15.5 Å². The monoisotopic (exact) mass is 415 g/mol. The molecule has 2 heterocycles. The van der Waals surface area contributed by atoms with Crippen LogP contribution in [0.5, 0.6) is 0 Å². The Hall–Kier alpha value is -2.17. The zero-order valence-corrected chi connectivity index (χ0v) is 15.7. The number of benzene rings is 1. The summed E-state index contributed by atoms with van der Waals surface area (Å²) in [4.78, 5) is 26.8. The molecule has 2 atom stereocenters. The van der Waals surface area contributed by atoms with Gasteiger partial charge in [0, 0.05) is 37.9 Å². The van der Waals surface area contributed by atoms with Crippen LogP contribution in [0.4, 0.5) is 13.2 Å². The first kappa shape index (κ1) is 21.5. The van der Waals surface area contributed by atoms with Gasteiger partial charge in [0.05, 0.1) is 24.3 Å². The normalized spacial score (nSPS) is 23.0.